The highest BCUT2D eigenvalue weighted by Crippen LogP contribution is 2.25. The Kier molecular flexibility index (Phi) is 5.27. The number of benzene rings is 2. The molecule has 0 atom stereocenters. The Morgan fingerprint density at radius 2 is 1.87 bits per heavy atom. The summed E-state index contributed by atoms with van der Waals surface area (Å²) in [4.78, 5) is 4.49. The van der Waals surface area contributed by atoms with Crippen LogP contribution in [0.25, 0.3) is 0 Å². The first-order valence-electron chi connectivity index (χ1n) is 7.69. The quantitative estimate of drug-likeness (QED) is 0.654. The maximum Gasteiger partial charge on any atom is 0.193 e. The van der Waals surface area contributed by atoms with E-state index < -0.39 is 0 Å². The molecule has 2 aromatic rings. The number of nitrogens with two attached hydrogens (primary N) is 1. The second kappa shape index (κ2) is 7.18. The van der Waals surface area contributed by atoms with Crippen molar-refractivity contribution in [2.75, 3.05) is 19.0 Å². The van der Waals surface area contributed by atoms with E-state index in [1.165, 1.54) is 11.1 Å². The third-order valence-corrected chi connectivity index (χ3v) is 3.81. The van der Waals surface area contributed by atoms with Crippen LogP contribution in [-0.4, -0.2) is 19.6 Å². The van der Waals surface area contributed by atoms with E-state index in [4.69, 9.17) is 10.5 Å². The van der Waals surface area contributed by atoms with Gasteiger partial charge in [-0.15, -0.1) is 0 Å². The van der Waals surface area contributed by atoms with Crippen LogP contribution < -0.4 is 15.8 Å². The van der Waals surface area contributed by atoms with Crippen LogP contribution in [0, 0.1) is 6.92 Å². The number of anilines is 1. The number of nitrogens with one attached hydrogen (secondary N) is 1. The van der Waals surface area contributed by atoms with E-state index in [9.17, 15) is 0 Å². The van der Waals surface area contributed by atoms with Gasteiger partial charge in [0.15, 0.2) is 5.96 Å². The predicted molar refractivity (Wildman–Crippen MR) is 97.3 cm³/mol. The van der Waals surface area contributed by atoms with Crippen LogP contribution in [0.1, 0.15) is 25.0 Å². The molecule has 0 saturated heterocycles. The lowest BCUT2D eigenvalue weighted by atomic mass is 9.85. The molecule has 122 valence electrons. The monoisotopic (exact) mass is 311 g/mol. The Morgan fingerprint density at radius 1 is 1.17 bits per heavy atom. The summed E-state index contributed by atoms with van der Waals surface area (Å²) in [6.07, 6.45) is 0. The van der Waals surface area contributed by atoms with Crippen LogP contribution in [-0.2, 0) is 5.41 Å². The van der Waals surface area contributed by atoms with Gasteiger partial charge in [-0.1, -0.05) is 38.1 Å². The first-order valence-corrected chi connectivity index (χ1v) is 7.69. The molecule has 23 heavy (non-hydrogen) atoms. The molecule has 2 aromatic carbocycles. The molecule has 3 N–H and O–H groups in total. The highest BCUT2D eigenvalue weighted by molar-refractivity contribution is 5.92. The average Bonchev–Trinajstić information content (AvgIpc) is 2.53. The zero-order valence-corrected chi connectivity index (χ0v) is 14.3. The lowest BCUT2D eigenvalue weighted by molar-refractivity contribution is 0.414. The van der Waals surface area contributed by atoms with Gasteiger partial charge in [0.1, 0.15) is 5.75 Å². The molecular formula is C19H25N3O. The van der Waals surface area contributed by atoms with Gasteiger partial charge in [-0.05, 0) is 42.3 Å². The van der Waals surface area contributed by atoms with Gasteiger partial charge in [-0.25, -0.2) is 0 Å². The second-order valence-electron chi connectivity index (χ2n) is 6.31. The smallest absolute Gasteiger partial charge is 0.193 e. The highest BCUT2D eigenvalue weighted by atomic mass is 16.5. The van der Waals surface area contributed by atoms with Crippen LogP contribution >= 0.6 is 0 Å². The molecule has 0 fully saturated rings. The van der Waals surface area contributed by atoms with Gasteiger partial charge in [0.25, 0.3) is 0 Å². The maximum absolute atomic E-state index is 6.01. The van der Waals surface area contributed by atoms with Crippen LogP contribution in [0.15, 0.2) is 53.5 Å². The van der Waals surface area contributed by atoms with Crippen molar-refractivity contribution < 1.29 is 4.74 Å². The van der Waals surface area contributed by atoms with E-state index >= 15 is 0 Å². The average molecular weight is 311 g/mol. The van der Waals surface area contributed by atoms with E-state index in [0.717, 1.165) is 11.4 Å². The third-order valence-electron chi connectivity index (χ3n) is 3.81. The summed E-state index contributed by atoms with van der Waals surface area (Å²) < 4.78 is 5.20. The van der Waals surface area contributed by atoms with Gasteiger partial charge in [0.05, 0.1) is 13.7 Å². The Hall–Kier alpha value is -2.49. The summed E-state index contributed by atoms with van der Waals surface area (Å²) in [5.41, 5.74) is 9.23. The molecular weight excluding hydrogens is 286 g/mol. The molecule has 0 aliphatic heterocycles. The first-order chi connectivity index (χ1) is 10.9. The Bertz CT molecular complexity index is 675. The largest absolute Gasteiger partial charge is 0.497 e. The molecule has 0 unspecified atom stereocenters. The molecule has 0 spiro atoms. The number of rotatable bonds is 5. The molecule has 4 nitrogen and oxygen atoms in total. The summed E-state index contributed by atoms with van der Waals surface area (Å²) in [6, 6.07) is 16.1. The SMILES string of the molecule is COc1ccc(C(C)(C)CN=C(N)Nc2cccc(C)c2)cc1. The molecule has 0 bridgehead atoms. The van der Waals surface area contributed by atoms with E-state index in [1.807, 2.05) is 43.3 Å². The van der Waals surface area contributed by atoms with Crippen molar-refractivity contribution in [1.82, 2.24) is 0 Å². The number of methoxy groups -OCH3 is 1. The normalized spacial score (nSPS) is 12.1. The van der Waals surface area contributed by atoms with Gasteiger partial charge < -0.3 is 15.8 Å². The summed E-state index contributed by atoms with van der Waals surface area (Å²) in [5.74, 6) is 1.28. The molecule has 0 heterocycles. The van der Waals surface area contributed by atoms with Crippen LogP contribution in [0.3, 0.4) is 0 Å². The van der Waals surface area contributed by atoms with Gasteiger partial charge in [-0.2, -0.15) is 0 Å². The van der Waals surface area contributed by atoms with Gasteiger partial charge in [0.2, 0.25) is 0 Å². The molecule has 0 aliphatic carbocycles. The molecule has 0 radical (unpaired) electrons. The van der Waals surface area contributed by atoms with Crippen molar-refractivity contribution in [1.29, 1.82) is 0 Å². The summed E-state index contributed by atoms with van der Waals surface area (Å²) in [6.45, 7) is 6.95. The minimum absolute atomic E-state index is 0.106. The fourth-order valence-electron chi connectivity index (χ4n) is 2.33. The number of hydrogen-bond acceptors (Lipinski definition) is 2. The van der Waals surface area contributed by atoms with Gasteiger partial charge in [0, 0.05) is 11.1 Å². The first kappa shape index (κ1) is 16.9. The molecule has 0 aliphatic rings. The fraction of sp³-hybridized carbons (Fsp3) is 0.316. The molecule has 2 rings (SSSR count). The third kappa shape index (κ3) is 4.74. The van der Waals surface area contributed by atoms with E-state index in [-0.39, 0.29) is 5.41 Å². The van der Waals surface area contributed by atoms with E-state index in [2.05, 4.69) is 36.3 Å². The zero-order chi connectivity index (χ0) is 16.9. The molecule has 4 heteroatoms. The Morgan fingerprint density at radius 3 is 2.48 bits per heavy atom. The van der Waals surface area contributed by atoms with Gasteiger partial charge >= 0.3 is 0 Å². The lowest BCUT2D eigenvalue weighted by Crippen LogP contribution is -2.27. The van der Waals surface area contributed by atoms with Crippen molar-refractivity contribution in [3.63, 3.8) is 0 Å². The Labute approximate surface area is 138 Å². The van der Waals surface area contributed by atoms with Crippen LogP contribution in [0.5, 0.6) is 5.75 Å². The topological polar surface area (TPSA) is 59.6 Å². The van der Waals surface area contributed by atoms with Crippen LogP contribution in [0.2, 0.25) is 0 Å². The number of aryl methyl sites for hydroxylation is 1. The van der Waals surface area contributed by atoms with Crippen molar-refractivity contribution in [3.05, 3.63) is 59.7 Å². The van der Waals surface area contributed by atoms with Gasteiger partial charge in [-0.3, -0.25) is 4.99 Å². The number of nitrogens with zero attached hydrogens (tertiary/aromatic N) is 1. The highest BCUT2D eigenvalue weighted by Gasteiger charge is 2.20. The summed E-state index contributed by atoms with van der Waals surface area (Å²) in [7, 11) is 1.67. The van der Waals surface area contributed by atoms with Crippen molar-refractivity contribution in [2.24, 2.45) is 10.7 Å². The van der Waals surface area contributed by atoms with E-state index in [1.54, 1.807) is 7.11 Å². The second-order valence-corrected chi connectivity index (χ2v) is 6.31. The number of aliphatic imine (C=N–C) groups is 1. The van der Waals surface area contributed by atoms with Crippen molar-refractivity contribution in [2.45, 2.75) is 26.2 Å². The summed E-state index contributed by atoms with van der Waals surface area (Å²) in [5, 5.41) is 3.13. The number of ether oxygens (including phenoxy) is 1. The standard InChI is InChI=1S/C19H25N3O/c1-14-6-5-7-16(12-14)22-18(20)21-13-19(2,3)15-8-10-17(23-4)11-9-15/h5-12H,13H2,1-4H3,(H3,20,21,22). The minimum Gasteiger partial charge on any atom is -0.497 e. The van der Waals surface area contributed by atoms with Crippen LogP contribution in [0.4, 0.5) is 5.69 Å². The van der Waals surface area contributed by atoms with Crippen molar-refractivity contribution >= 4 is 11.6 Å². The number of guanidine groups is 1. The molecule has 0 saturated carbocycles. The lowest BCUT2D eigenvalue weighted by Gasteiger charge is -2.23. The van der Waals surface area contributed by atoms with Crippen molar-refractivity contribution in [3.8, 4) is 5.75 Å². The zero-order valence-electron chi connectivity index (χ0n) is 14.3. The number of hydrogen-bond donors (Lipinski definition) is 2. The fourth-order valence-corrected chi connectivity index (χ4v) is 2.33. The maximum atomic E-state index is 6.01. The Balaban J connectivity index is 2.03. The summed E-state index contributed by atoms with van der Waals surface area (Å²) >= 11 is 0. The molecule has 0 amide bonds. The molecule has 0 aromatic heterocycles. The predicted octanol–water partition coefficient (Wildman–Crippen LogP) is 3.71. The minimum atomic E-state index is -0.106. The van der Waals surface area contributed by atoms with E-state index in [0.29, 0.717) is 12.5 Å².